The number of aliphatic hydroxyl groups excluding tert-OH is 1. The van der Waals surface area contributed by atoms with Crippen LogP contribution in [-0.4, -0.2) is 52.7 Å². The Morgan fingerprint density at radius 3 is 1.90 bits per heavy atom. The molecule has 0 aromatic heterocycles. The number of rotatable bonds is 12. The normalized spacial score (nSPS) is 12.4. The first-order valence-corrected chi connectivity index (χ1v) is 13.9. The molecule has 2 N–H and O–H groups in total. The van der Waals surface area contributed by atoms with Gasteiger partial charge >= 0.3 is 18.0 Å². The van der Waals surface area contributed by atoms with Gasteiger partial charge in [0.1, 0.15) is 19.3 Å². The van der Waals surface area contributed by atoms with Gasteiger partial charge in [0, 0.05) is 12.5 Å². The van der Waals surface area contributed by atoms with Crippen molar-refractivity contribution in [2.75, 3.05) is 6.54 Å². The molecule has 0 aliphatic rings. The van der Waals surface area contributed by atoms with Gasteiger partial charge in [0.2, 0.25) is 0 Å². The van der Waals surface area contributed by atoms with E-state index < -0.39 is 30.1 Å². The lowest BCUT2D eigenvalue weighted by Gasteiger charge is -2.30. The van der Waals surface area contributed by atoms with Crippen LogP contribution in [0.3, 0.4) is 0 Å². The van der Waals surface area contributed by atoms with Gasteiger partial charge in [0.25, 0.3) is 0 Å². The number of fused-ring (bicyclic) bond motifs is 1. The van der Waals surface area contributed by atoms with E-state index >= 15 is 0 Å². The summed E-state index contributed by atoms with van der Waals surface area (Å²) in [4.78, 5) is 40.7. The lowest BCUT2D eigenvalue weighted by molar-refractivity contribution is -0.155. The second-order valence-electron chi connectivity index (χ2n) is 10.3. The predicted molar refractivity (Wildman–Crippen MR) is 160 cm³/mol. The maximum Gasteiger partial charge on any atom is 0.337 e. The standard InChI is InChI=1S/C34H36N2O6/c1-24(2)36(21-31(37)33(39)42-23-26-14-7-4-8-15-26)34(40)35-30(32(38)41-22-25-12-5-3-6-13-25)20-28-18-11-17-27-16-9-10-19-29(27)28/h3-19,24,30-31,37H,20-23H2,1-2H3,(H,35,40)/t30-,31?/m0/s1. The van der Waals surface area contributed by atoms with Crippen molar-refractivity contribution < 1.29 is 29.0 Å². The van der Waals surface area contributed by atoms with Crippen LogP contribution in [0.5, 0.6) is 0 Å². The molecule has 2 atom stereocenters. The molecule has 1 unspecified atom stereocenters. The fourth-order valence-corrected chi connectivity index (χ4v) is 4.56. The molecule has 0 fully saturated rings. The van der Waals surface area contributed by atoms with Crippen molar-refractivity contribution in [3.8, 4) is 0 Å². The Hall–Kier alpha value is -4.69. The van der Waals surface area contributed by atoms with Crippen molar-refractivity contribution in [3.63, 3.8) is 0 Å². The molecule has 4 aromatic rings. The third-order valence-corrected chi connectivity index (χ3v) is 6.86. The van der Waals surface area contributed by atoms with Crippen LogP contribution < -0.4 is 5.32 Å². The van der Waals surface area contributed by atoms with Crippen molar-refractivity contribution in [3.05, 3.63) is 120 Å². The van der Waals surface area contributed by atoms with Gasteiger partial charge < -0.3 is 24.8 Å². The Bertz CT molecular complexity index is 1470. The van der Waals surface area contributed by atoms with Crippen molar-refractivity contribution in [1.29, 1.82) is 0 Å². The number of esters is 2. The second kappa shape index (κ2) is 14.8. The van der Waals surface area contributed by atoms with E-state index in [0.717, 1.165) is 27.5 Å². The van der Waals surface area contributed by atoms with Gasteiger partial charge in [0.05, 0.1) is 6.54 Å². The van der Waals surface area contributed by atoms with E-state index in [4.69, 9.17) is 9.47 Å². The molecule has 0 radical (unpaired) electrons. The minimum atomic E-state index is -1.57. The average molecular weight is 569 g/mol. The minimum Gasteiger partial charge on any atom is -0.459 e. The Kier molecular flexibility index (Phi) is 10.7. The molecule has 218 valence electrons. The van der Waals surface area contributed by atoms with Gasteiger partial charge in [-0.3, -0.25) is 0 Å². The first kappa shape index (κ1) is 30.3. The summed E-state index contributed by atoms with van der Waals surface area (Å²) in [5.74, 6) is -1.43. The number of urea groups is 1. The maximum absolute atomic E-state index is 13.5. The summed E-state index contributed by atoms with van der Waals surface area (Å²) in [7, 11) is 0. The largest absolute Gasteiger partial charge is 0.459 e. The predicted octanol–water partition coefficient (Wildman–Crippen LogP) is 5.02. The smallest absolute Gasteiger partial charge is 0.337 e. The van der Waals surface area contributed by atoms with E-state index in [-0.39, 0.29) is 32.2 Å². The molecule has 0 aliphatic heterocycles. The van der Waals surface area contributed by atoms with Crippen LogP contribution in [0.25, 0.3) is 10.8 Å². The number of amides is 2. The van der Waals surface area contributed by atoms with Gasteiger partial charge in [-0.25, -0.2) is 14.4 Å². The Balaban J connectivity index is 1.47. The fraction of sp³-hybridized carbons (Fsp3) is 0.265. The summed E-state index contributed by atoms with van der Waals surface area (Å²) in [6.07, 6.45) is -1.38. The van der Waals surface area contributed by atoms with Crippen LogP contribution in [-0.2, 0) is 38.7 Å². The molecule has 4 aromatic carbocycles. The monoisotopic (exact) mass is 568 g/mol. The van der Waals surface area contributed by atoms with Gasteiger partial charge in [0.15, 0.2) is 6.10 Å². The van der Waals surface area contributed by atoms with Gasteiger partial charge in [-0.15, -0.1) is 0 Å². The van der Waals surface area contributed by atoms with Crippen molar-refractivity contribution in [2.45, 2.75) is 51.7 Å². The highest BCUT2D eigenvalue weighted by atomic mass is 16.5. The number of benzene rings is 4. The number of nitrogens with zero attached hydrogens (tertiary/aromatic N) is 1. The topological polar surface area (TPSA) is 105 Å². The van der Waals surface area contributed by atoms with Crippen LogP contribution >= 0.6 is 0 Å². The third-order valence-electron chi connectivity index (χ3n) is 6.86. The highest BCUT2D eigenvalue weighted by molar-refractivity contribution is 5.88. The molecule has 42 heavy (non-hydrogen) atoms. The fourth-order valence-electron chi connectivity index (χ4n) is 4.56. The van der Waals surface area contributed by atoms with Crippen LogP contribution in [0.1, 0.15) is 30.5 Å². The summed E-state index contributed by atoms with van der Waals surface area (Å²) >= 11 is 0. The summed E-state index contributed by atoms with van der Waals surface area (Å²) < 4.78 is 10.9. The minimum absolute atomic E-state index is 0.00493. The van der Waals surface area contributed by atoms with Gasteiger partial charge in [-0.2, -0.15) is 0 Å². The number of hydrogen-bond acceptors (Lipinski definition) is 6. The highest BCUT2D eigenvalue weighted by Gasteiger charge is 2.30. The first-order chi connectivity index (χ1) is 20.3. The molecular formula is C34H36N2O6. The number of carbonyl (C=O) groups is 3. The Labute approximate surface area is 245 Å². The zero-order valence-electron chi connectivity index (χ0n) is 23.8. The maximum atomic E-state index is 13.5. The van der Waals surface area contributed by atoms with Crippen molar-refractivity contribution >= 4 is 28.7 Å². The molecular weight excluding hydrogens is 532 g/mol. The molecule has 0 saturated heterocycles. The van der Waals surface area contributed by atoms with Crippen LogP contribution in [0, 0.1) is 0 Å². The Morgan fingerprint density at radius 2 is 1.29 bits per heavy atom. The van der Waals surface area contributed by atoms with Crippen molar-refractivity contribution in [1.82, 2.24) is 10.2 Å². The SMILES string of the molecule is CC(C)N(CC(O)C(=O)OCc1ccccc1)C(=O)N[C@@H](Cc1cccc2ccccc12)C(=O)OCc1ccccc1. The van der Waals surface area contributed by atoms with E-state index in [1.54, 1.807) is 26.0 Å². The molecule has 0 heterocycles. The zero-order chi connectivity index (χ0) is 29.9. The summed E-state index contributed by atoms with van der Waals surface area (Å²) in [5, 5.41) is 15.4. The average Bonchev–Trinajstić information content (AvgIpc) is 3.01. The highest BCUT2D eigenvalue weighted by Crippen LogP contribution is 2.20. The number of nitrogens with one attached hydrogen (secondary N) is 1. The van der Waals surface area contributed by atoms with E-state index in [1.165, 1.54) is 4.90 Å². The Morgan fingerprint density at radius 1 is 0.738 bits per heavy atom. The molecule has 4 rings (SSSR count). The lowest BCUT2D eigenvalue weighted by atomic mass is 9.99. The third kappa shape index (κ3) is 8.41. The van der Waals surface area contributed by atoms with E-state index in [9.17, 15) is 19.5 Å². The quantitative estimate of drug-likeness (QED) is 0.233. The summed E-state index contributed by atoms with van der Waals surface area (Å²) in [6, 6.07) is 30.0. The van der Waals surface area contributed by atoms with Gasteiger partial charge in [-0.05, 0) is 41.3 Å². The van der Waals surface area contributed by atoms with Crippen molar-refractivity contribution in [2.24, 2.45) is 0 Å². The molecule has 8 nitrogen and oxygen atoms in total. The van der Waals surface area contributed by atoms with Crippen LogP contribution in [0.15, 0.2) is 103 Å². The molecule has 8 heteroatoms. The first-order valence-electron chi connectivity index (χ1n) is 13.9. The molecule has 0 bridgehead atoms. The van der Waals surface area contributed by atoms with E-state index in [0.29, 0.717) is 0 Å². The second-order valence-corrected chi connectivity index (χ2v) is 10.3. The molecule has 0 aliphatic carbocycles. The lowest BCUT2D eigenvalue weighted by Crippen LogP contribution is -2.54. The van der Waals surface area contributed by atoms with Gasteiger partial charge in [-0.1, -0.05) is 103 Å². The van der Waals surface area contributed by atoms with Crippen LogP contribution in [0.4, 0.5) is 4.79 Å². The number of carbonyl (C=O) groups excluding carboxylic acids is 3. The molecule has 0 spiro atoms. The zero-order valence-corrected chi connectivity index (χ0v) is 23.8. The number of ether oxygens (including phenoxy) is 2. The molecule has 2 amide bonds. The number of hydrogen-bond donors (Lipinski definition) is 2. The number of aliphatic hydroxyl groups is 1. The van der Waals surface area contributed by atoms with E-state index in [2.05, 4.69) is 5.32 Å². The van der Waals surface area contributed by atoms with Crippen LogP contribution in [0.2, 0.25) is 0 Å². The molecule has 0 saturated carbocycles. The summed E-state index contributed by atoms with van der Waals surface area (Å²) in [6.45, 7) is 3.27. The summed E-state index contributed by atoms with van der Waals surface area (Å²) in [5.41, 5.74) is 2.47. The van der Waals surface area contributed by atoms with E-state index in [1.807, 2.05) is 91.0 Å².